The lowest BCUT2D eigenvalue weighted by Gasteiger charge is -2.39. The van der Waals surface area contributed by atoms with Crippen LogP contribution in [0, 0.1) is 11.8 Å². The number of benzene rings is 1. The Bertz CT molecular complexity index is 1140. The van der Waals surface area contributed by atoms with E-state index in [1.165, 1.54) is 0 Å². The van der Waals surface area contributed by atoms with E-state index in [9.17, 15) is 15.0 Å². The first-order valence-corrected chi connectivity index (χ1v) is 13.3. The lowest BCUT2D eigenvalue weighted by molar-refractivity contribution is -0.137. The smallest absolute Gasteiger partial charge is 0.303 e. The standard InChI is InChI=1S/C29H38N4O4/c1-37-24-7-8-27-26(18-24)25(12-15-31-27)28(34)9-5-21-13-17-33(19-22(21)6-10-29(35)36)16-3-2-4-23-11-14-30-20-32-23/h7-8,11-12,14-15,18,20-22,28,34H,2-6,9-10,13,16-17,19H2,1H3,(H,35,36)/t21-,22+,28?/m1/s1. The summed E-state index contributed by atoms with van der Waals surface area (Å²) in [4.78, 5) is 26.5. The van der Waals surface area contributed by atoms with Gasteiger partial charge in [-0.15, -0.1) is 0 Å². The van der Waals surface area contributed by atoms with E-state index in [-0.39, 0.29) is 6.42 Å². The lowest BCUT2D eigenvalue weighted by Crippen LogP contribution is -2.41. The summed E-state index contributed by atoms with van der Waals surface area (Å²) >= 11 is 0. The number of carboxylic acids is 1. The van der Waals surface area contributed by atoms with Gasteiger partial charge in [-0.25, -0.2) is 9.97 Å². The molecule has 0 radical (unpaired) electrons. The highest BCUT2D eigenvalue weighted by Crippen LogP contribution is 2.35. The number of ether oxygens (including phenoxy) is 1. The van der Waals surface area contributed by atoms with Crippen molar-refractivity contribution in [1.82, 2.24) is 19.9 Å². The number of aliphatic hydroxyl groups excluding tert-OH is 1. The zero-order valence-electron chi connectivity index (χ0n) is 21.6. The minimum Gasteiger partial charge on any atom is -0.497 e. The molecule has 3 aromatic rings. The molecule has 1 unspecified atom stereocenters. The fourth-order valence-corrected chi connectivity index (χ4v) is 5.57. The van der Waals surface area contributed by atoms with Gasteiger partial charge in [-0.3, -0.25) is 9.78 Å². The number of unbranched alkanes of at least 4 members (excludes halogenated alkanes) is 1. The van der Waals surface area contributed by atoms with Crippen molar-refractivity contribution in [3.8, 4) is 5.75 Å². The fraction of sp³-hybridized carbons (Fsp3) is 0.517. The molecule has 1 saturated heterocycles. The number of pyridine rings is 1. The first-order chi connectivity index (χ1) is 18.0. The average molecular weight is 507 g/mol. The third kappa shape index (κ3) is 7.69. The van der Waals surface area contributed by atoms with Gasteiger partial charge in [0.1, 0.15) is 12.1 Å². The second-order valence-corrected chi connectivity index (χ2v) is 10.1. The summed E-state index contributed by atoms with van der Waals surface area (Å²) in [6.07, 6.45) is 11.1. The number of aromatic nitrogens is 3. The Morgan fingerprint density at radius 3 is 2.81 bits per heavy atom. The van der Waals surface area contributed by atoms with Gasteiger partial charge in [-0.2, -0.15) is 0 Å². The Morgan fingerprint density at radius 2 is 2.03 bits per heavy atom. The molecule has 1 aliphatic heterocycles. The number of carboxylic acid groups (broad SMARTS) is 1. The number of aliphatic hydroxyl groups is 1. The summed E-state index contributed by atoms with van der Waals surface area (Å²) in [5, 5.41) is 21.3. The summed E-state index contributed by atoms with van der Waals surface area (Å²) in [6, 6.07) is 9.57. The normalized spacial score (nSPS) is 19.1. The van der Waals surface area contributed by atoms with Crippen LogP contribution < -0.4 is 4.74 Å². The number of piperidine rings is 1. The zero-order valence-corrected chi connectivity index (χ0v) is 21.6. The van der Waals surface area contributed by atoms with Crippen LogP contribution in [0.15, 0.2) is 49.1 Å². The number of methoxy groups -OCH3 is 1. The number of fused-ring (bicyclic) bond motifs is 1. The number of rotatable bonds is 13. The molecule has 1 fully saturated rings. The molecule has 4 rings (SSSR count). The second-order valence-electron chi connectivity index (χ2n) is 10.1. The largest absolute Gasteiger partial charge is 0.497 e. The highest BCUT2D eigenvalue weighted by atomic mass is 16.5. The molecular formula is C29H38N4O4. The fourth-order valence-electron chi connectivity index (χ4n) is 5.57. The molecule has 0 amide bonds. The first kappa shape index (κ1) is 26.9. The topological polar surface area (TPSA) is 109 Å². The lowest BCUT2D eigenvalue weighted by atomic mass is 9.79. The van der Waals surface area contributed by atoms with E-state index in [4.69, 9.17) is 4.74 Å². The van der Waals surface area contributed by atoms with Gasteiger partial charge in [0.15, 0.2) is 0 Å². The molecule has 0 bridgehead atoms. The minimum atomic E-state index is -0.738. The number of hydrogen-bond donors (Lipinski definition) is 2. The Kier molecular flexibility index (Phi) is 9.79. The maximum atomic E-state index is 11.3. The van der Waals surface area contributed by atoms with E-state index >= 15 is 0 Å². The third-order valence-corrected chi connectivity index (χ3v) is 7.66. The molecule has 0 saturated carbocycles. The van der Waals surface area contributed by atoms with Gasteiger partial charge in [-0.1, -0.05) is 0 Å². The van der Waals surface area contributed by atoms with Gasteiger partial charge in [0.05, 0.1) is 18.7 Å². The Balaban J connectivity index is 1.32. The van der Waals surface area contributed by atoms with Gasteiger partial charge < -0.3 is 19.8 Å². The summed E-state index contributed by atoms with van der Waals surface area (Å²) in [5.74, 6) is 0.743. The molecule has 3 heterocycles. The molecule has 8 heteroatoms. The van der Waals surface area contributed by atoms with Crippen molar-refractivity contribution in [2.24, 2.45) is 11.8 Å². The van der Waals surface area contributed by atoms with Crippen molar-refractivity contribution in [3.05, 3.63) is 60.3 Å². The van der Waals surface area contributed by atoms with E-state index in [0.29, 0.717) is 24.7 Å². The van der Waals surface area contributed by atoms with E-state index in [2.05, 4.69) is 19.9 Å². The summed E-state index contributed by atoms with van der Waals surface area (Å²) in [5.41, 5.74) is 2.78. The zero-order chi connectivity index (χ0) is 26.0. The number of nitrogens with zero attached hydrogens (tertiary/aromatic N) is 4. The Morgan fingerprint density at radius 1 is 1.14 bits per heavy atom. The van der Waals surface area contributed by atoms with Gasteiger partial charge in [0.2, 0.25) is 0 Å². The van der Waals surface area contributed by atoms with Crippen molar-refractivity contribution in [2.45, 2.75) is 57.5 Å². The van der Waals surface area contributed by atoms with E-state index in [0.717, 1.165) is 79.6 Å². The molecule has 8 nitrogen and oxygen atoms in total. The Labute approximate surface area is 218 Å². The summed E-state index contributed by atoms with van der Waals surface area (Å²) < 4.78 is 5.37. The third-order valence-electron chi connectivity index (χ3n) is 7.66. The van der Waals surface area contributed by atoms with Crippen molar-refractivity contribution in [1.29, 1.82) is 0 Å². The van der Waals surface area contributed by atoms with Crippen LogP contribution in [0.4, 0.5) is 0 Å². The van der Waals surface area contributed by atoms with Crippen LogP contribution in [0.2, 0.25) is 0 Å². The van der Waals surface area contributed by atoms with Crippen LogP contribution in [-0.4, -0.2) is 62.8 Å². The predicted molar refractivity (Wildman–Crippen MR) is 142 cm³/mol. The molecule has 198 valence electrons. The van der Waals surface area contributed by atoms with Crippen LogP contribution in [0.1, 0.15) is 62.3 Å². The van der Waals surface area contributed by atoms with Crippen LogP contribution in [-0.2, 0) is 11.2 Å². The maximum Gasteiger partial charge on any atom is 0.303 e. The van der Waals surface area contributed by atoms with Gasteiger partial charge in [0, 0.05) is 36.4 Å². The average Bonchev–Trinajstić information content (AvgIpc) is 2.93. The first-order valence-electron chi connectivity index (χ1n) is 13.3. The molecular weight excluding hydrogens is 468 g/mol. The molecule has 0 spiro atoms. The molecule has 1 aliphatic rings. The molecule has 2 N–H and O–H groups in total. The quantitative estimate of drug-likeness (QED) is 0.322. The van der Waals surface area contributed by atoms with Gasteiger partial charge >= 0.3 is 5.97 Å². The number of hydrogen-bond acceptors (Lipinski definition) is 7. The number of likely N-dealkylation sites (tertiary alicyclic amines) is 1. The highest BCUT2D eigenvalue weighted by molar-refractivity contribution is 5.83. The number of carbonyl (C=O) groups is 1. The van der Waals surface area contributed by atoms with Crippen molar-refractivity contribution in [3.63, 3.8) is 0 Å². The summed E-state index contributed by atoms with van der Waals surface area (Å²) in [7, 11) is 1.63. The van der Waals surface area contributed by atoms with Crippen LogP contribution in [0.3, 0.4) is 0 Å². The Hall–Kier alpha value is -3.10. The van der Waals surface area contributed by atoms with Gasteiger partial charge in [-0.05, 0) is 106 Å². The molecule has 3 atom stereocenters. The second kappa shape index (κ2) is 13.4. The van der Waals surface area contributed by atoms with Crippen LogP contribution >= 0.6 is 0 Å². The molecule has 1 aromatic carbocycles. The van der Waals surface area contributed by atoms with E-state index in [1.54, 1.807) is 25.8 Å². The van der Waals surface area contributed by atoms with Crippen molar-refractivity contribution < 1.29 is 19.7 Å². The van der Waals surface area contributed by atoms with Crippen LogP contribution in [0.25, 0.3) is 10.9 Å². The molecule has 37 heavy (non-hydrogen) atoms. The molecule has 2 aromatic heterocycles. The number of aryl methyl sites for hydroxylation is 1. The maximum absolute atomic E-state index is 11.3. The van der Waals surface area contributed by atoms with Crippen LogP contribution in [0.5, 0.6) is 5.75 Å². The highest BCUT2D eigenvalue weighted by Gasteiger charge is 2.30. The minimum absolute atomic E-state index is 0.195. The summed E-state index contributed by atoms with van der Waals surface area (Å²) in [6.45, 7) is 2.97. The van der Waals surface area contributed by atoms with Gasteiger partial charge in [0.25, 0.3) is 0 Å². The van der Waals surface area contributed by atoms with Crippen molar-refractivity contribution >= 4 is 16.9 Å². The SMILES string of the molecule is COc1ccc2nccc(C(O)CC[C@@H]3CCN(CCCCc4ccncn4)C[C@@H]3CCC(=O)O)c2c1. The van der Waals surface area contributed by atoms with E-state index < -0.39 is 12.1 Å². The molecule has 0 aliphatic carbocycles. The van der Waals surface area contributed by atoms with E-state index in [1.807, 2.05) is 30.3 Å². The monoisotopic (exact) mass is 506 g/mol. The predicted octanol–water partition coefficient (Wildman–Crippen LogP) is 4.67. The number of aliphatic carboxylic acids is 1. The van der Waals surface area contributed by atoms with Crippen molar-refractivity contribution in [2.75, 3.05) is 26.7 Å².